The largest absolute Gasteiger partial charge is 0.495 e. The molecule has 4 nitrogen and oxygen atoms in total. The van der Waals surface area contributed by atoms with E-state index < -0.39 is 11.6 Å². The molecule has 2 aromatic carbocycles. The van der Waals surface area contributed by atoms with Gasteiger partial charge in [-0.1, -0.05) is 6.07 Å². The lowest BCUT2D eigenvalue weighted by Gasteiger charge is -2.11. The maximum absolute atomic E-state index is 14.4. The van der Waals surface area contributed by atoms with Crippen molar-refractivity contribution in [2.45, 2.75) is 6.92 Å². The molecule has 126 valence electrons. The van der Waals surface area contributed by atoms with Gasteiger partial charge in [0.15, 0.2) is 11.6 Å². The standard InChI is InChI=1S/C19H15F2N3O/c1-11-17(25-2)9-24(12-6-7-15-16(8-12)23-10-22-15)19(11)13-4-3-5-14(20)18(13)21/h3-10H,1-2H3,(H,22,23). The van der Waals surface area contributed by atoms with Crippen molar-refractivity contribution in [3.63, 3.8) is 0 Å². The summed E-state index contributed by atoms with van der Waals surface area (Å²) in [6.45, 7) is 1.82. The molecule has 0 spiro atoms. The third kappa shape index (κ3) is 2.38. The summed E-state index contributed by atoms with van der Waals surface area (Å²) in [7, 11) is 1.55. The van der Waals surface area contributed by atoms with Gasteiger partial charge in [-0.05, 0) is 37.3 Å². The third-order valence-corrected chi connectivity index (χ3v) is 4.32. The summed E-state index contributed by atoms with van der Waals surface area (Å²) >= 11 is 0. The number of aromatic amines is 1. The van der Waals surface area contributed by atoms with Crippen LogP contribution in [0.3, 0.4) is 0 Å². The minimum absolute atomic E-state index is 0.186. The molecule has 4 aromatic rings. The number of hydrogen-bond donors (Lipinski definition) is 1. The van der Waals surface area contributed by atoms with Crippen LogP contribution in [0.2, 0.25) is 0 Å². The predicted octanol–water partition coefficient (Wildman–Crippen LogP) is 4.62. The quantitative estimate of drug-likeness (QED) is 0.592. The van der Waals surface area contributed by atoms with E-state index in [0.717, 1.165) is 28.4 Å². The van der Waals surface area contributed by atoms with Crippen LogP contribution >= 0.6 is 0 Å². The number of methoxy groups -OCH3 is 1. The third-order valence-electron chi connectivity index (χ3n) is 4.32. The van der Waals surface area contributed by atoms with Crippen molar-refractivity contribution in [1.29, 1.82) is 0 Å². The van der Waals surface area contributed by atoms with Crippen LogP contribution in [0, 0.1) is 18.6 Å². The molecule has 0 radical (unpaired) electrons. The molecule has 0 aliphatic carbocycles. The van der Waals surface area contributed by atoms with Crippen molar-refractivity contribution in [2.24, 2.45) is 0 Å². The number of benzene rings is 2. The fourth-order valence-corrected chi connectivity index (χ4v) is 3.08. The molecule has 0 saturated carbocycles. The van der Waals surface area contributed by atoms with Crippen LogP contribution in [0.5, 0.6) is 5.75 Å². The number of H-pyrrole nitrogens is 1. The Morgan fingerprint density at radius 3 is 2.80 bits per heavy atom. The van der Waals surface area contributed by atoms with E-state index in [0.29, 0.717) is 11.4 Å². The molecule has 0 bridgehead atoms. The number of imidazole rings is 1. The monoisotopic (exact) mass is 339 g/mol. The molecule has 0 amide bonds. The summed E-state index contributed by atoms with van der Waals surface area (Å²) in [5.74, 6) is -1.16. The highest BCUT2D eigenvalue weighted by Gasteiger charge is 2.20. The van der Waals surface area contributed by atoms with Crippen LogP contribution in [0.4, 0.5) is 8.78 Å². The molecule has 2 aromatic heterocycles. The van der Waals surface area contributed by atoms with Gasteiger partial charge in [-0.25, -0.2) is 13.8 Å². The Morgan fingerprint density at radius 2 is 2.00 bits per heavy atom. The minimum Gasteiger partial charge on any atom is -0.495 e. The van der Waals surface area contributed by atoms with Crippen LogP contribution in [0.25, 0.3) is 28.0 Å². The van der Waals surface area contributed by atoms with Gasteiger partial charge >= 0.3 is 0 Å². The summed E-state index contributed by atoms with van der Waals surface area (Å²) in [4.78, 5) is 7.25. The van der Waals surface area contributed by atoms with Gasteiger partial charge in [-0.2, -0.15) is 0 Å². The molecule has 0 fully saturated rings. The number of nitrogens with zero attached hydrogens (tertiary/aromatic N) is 2. The maximum Gasteiger partial charge on any atom is 0.168 e. The average Bonchev–Trinajstić information content (AvgIpc) is 3.21. The van der Waals surface area contributed by atoms with Gasteiger partial charge < -0.3 is 14.3 Å². The smallest absolute Gasteiger partial charge is 0.168 e. The second-order valence-electron chi connectivity index (χ2n) is 5.75. The van der Waals surface area contributed by atoms with Crippen molar-refractivity contribution in [2.75, 3.05) is 7.11 Å². The van der Waals surface area contributed by atoms with E-state index in [9.17, 15) is 8.78 Å². The molecule has 1 N–H and O–H groups in total. The summed E-state index contributed by atoms with van der Waals surface area (Å²) in [6.07, 6.45) is 3.38. The number of halogens is 2. The Bertz CT molecular complexity index is 1080. The van der Waals surface area contributed by atoms with Crippen molar-refractivity contribution < 1.29 is 13.5 Å². The zero-order valence-corrected chi connectivity index (χ0v) is 13.7. The zero-order valence-electron chi connectivity index (χ0n) is 13.7. The molecule has 0 atom stereocenters. The Morgan fingerprint density at radius 1 is 1.16 bits per heavy atom. The predicted molar refractivity (Wildman–Crippen MR) is 92.1 cm³/mol. The zero-order chi connectivity index (χ0) is 17.6. The Hall–Kier alpha value is -3.15. The van der Waals surface area contributed by atoms with Gasteiger partial charge in [0.2, 0.25) is 0 Å². The van der Waals surface area contributed by atoms with E-state index in [1.165, 1.54) is 6.07 Å². The van der Waals surface area contributed by atoms with Crippen LogP contribution in [0.1, 0.15) is 5.56 Å². The highest BCUT2D eigenvalue weighted by atomic mass is 19.2. The lowest BCUT2D eigenvalue weighted by molar-refractivity contribution is 0.412. The van der Waals surface area contributed by atoms with Crippen molar-refractivity contribution >= 4 is 11.0 Å². The van der Waals surface area contributed by atoms with Crippen LogP contribution < -0.4 is 4.74 Å². The lowest BCUT2D eigenvalue weighted by Crippen LogP contribution is -1.99. The second-order valence-corrected chi connectivity index (χ2v) is 5.75. The number of fused-ring (bicyclic) bond motifs is 1. The number of rotatable bonds is 3. The molecule has 0 aliphatic rings. The highest BCUT2D eigenvalue weighted by molar-refractivity contribution is 5.78. The molecule has 0 unspecified atom stereocenters. The Labute approximate surface area is 142 Å². The summed E-state index contributed by atoms with van der Waals surface area (Å²) in [6, 6.07) is 9.81. The van der Waals surface area contributed by atoms with Crippen LogP contribution in [0.15, 0.2) is 48.9 Å². The SMILES string of the molecule is COc1cn(-c2ccc3nc[nH]c3c2)c(-c2cccc(F)c2F)c1C. The second kappa shape index (κ2) is 5.73. The first-order valence-electron chi connectivity index (χ1n) is 7.74. The van der Waals surface area contributed by atoms with Gasteiger partial charge in [0.25, 0.3) is 0 Å². The summed E-state index contributed by atoms with van der Waals surface area (Å²) < 4.78 is 35.4. The topological polar surface area (TPSA) is 42.8 Å². The van der Waals surface area contributed by atoms with Crippen molar-refractivity contribution in [3.8, 4) is 22.7 Å². The van der Waals surface area contributed by atoms with Gasteiger partial charge in [-0.15, -0.1) is 0 Å². The number of nitrogens with one attached hydrogen (secondary N) is 1. The average molecular weight is 339 g/mol. The molecule has 6 heteroatoms. The van der Waals surface area contributed by atoms with Crippen molar-refractivity contribution in [1.82, 2.24) is 14.5 Å². The van der Waals surface area contributed by atoms with Crippen molar-refractivity contribution in [3.05, 3.63) is 66.1 Å². The number of hydrogen-bond acceptors (Lipinski definition) is 2. The highest BCUT2D eigenvalue weighted by Crippen LogP contribution is 2.36. The van der Waals surface area contributed by atoms with Gasteiger partial charge in [-0.3, -0.25) is 0 Å². The van der Waals surface area contributed by atoms with Crippen LogP contribution in [-0.4, -0.2) is 21.6 Å². The molecular weight excluding hydrogens is 324 g/mol. The Kier molecular flexibility index (Phi) is 3.53. The summed E-state index contributed by atoms with van der Waals surface area (Å²) in [5.41, 5.74) is 3.95. The first-order valence-corrected chi connectivity index (χ1v) is 7.74. The van der Waals surface area contributed by atoms with Gasteiger partial charge in [0, 0.05) is 16.8 Å². The van der Waals surface area contributed by atoms with E-state index in [4.69, 9.17) is 4.74 Å². The molecule has 0 aliphatic heterocycles. The molecule has 2 heterocycles. The van der Waals surface area contributed by atoms with E-state index in [-0.39, 0.29) is 5.56 Å². The molecule has 4 rings (SSSR count). The minimum atomic E-state index is -0.882. The number of ether oxygens (including phenoxy) is 1. The first-order chi connectivity index (χ1) is 12.1. The van der Waals surface area contributed by atoms with E-state index in [1.807, 2.05) is 25.1 Å². The first kappa shape index (κ1) is 15.4. The fraction of sp³-hybridized carbons (Fsp3) is 0.105. The normalized spacial score (nSPS) is 11.2. The van der Waals surface area contributed by atoms with Crippen LogP contribution in [-0.2, 0) is 0 Å². The van der Waals surface area contributed by atoms with E-state index in [1.54, 1.807) is 30.3 Å². The lowest BCUT2D eigenvalue weighted by atomic mass is 10.1. The molecule has 25 heavy (non-hydrogen) atoms. The van der Waals surface area contributed by atoms with Gasteiger partial charge in [0.1, 0.15) is 5.75 Å². The molecular formula is C19H15F2N3O. The Balaban J connectivity index is 2.00. The number of aromatic nitrogens is 3. The van der Waals surface area contributed by atoms with E-state index in [2.05, 4.69) is 9.97 Å². The van der Waals surface area contributed by atoms with E-state index >= 15 is 0 Å². The molecule has 0 saturated heterocycles. The summed E-state index contributed by atoms with van der Waals surface area (Å²) in [5, 5.41) is 0. The maximum atomic E-state index is 14.4. The fourth-order valence-electron chi connectivity index (χ4n) is 3.08. The van der Waals surface area contributed by atoms with Gasteiger partial charge in [0.05, 0.1) is 36.4 Å².